The number of amides is 1. The Kier molecular flexibility index (Phi) is 11.8. The van der Waals surface area contributed by atoms with Crippen molar-refractivity contribution in [2.24, 2.45) is 29.1 Å². The largest absolute Gasteiger partial charge is 0.464 e. The summed E-state index contributed by atoms with van der Waals surface area (Å²) >= 11 is 1.52. The average molecular weight is 798 g/mol. The molecule has 12 heteroatoms. The van der Waals surface area contributed by atoms with Crippen molar-refractivity contribution in [2.75, 3.05) is 27.4 Å². The molecule has 5 heterocycles. The number of benzene rings is 1. The monoisotopic (exact) mass is 797 g/mol. The molecule has 4 aromatic rings. The molecule has 1 saturated heterocycles. The van der Waals surface area contributed by atoms with E-state index >= 15 is 0 Å². The van der Waals surface area contributed by atoms with Gasteiger partial charge in [0.2, 0.25) is 5.91 Å². The Morgan fingerprint density at radius 3 is 2.65 bits per heavy atom. The molecule has 1 aliphatic carbocycles. The zero-order valence-corrected chi connectivity index (χ0v) is 35.8. The van der Waals surface area contributed by atoms with Gasteiger partial charge in [-0.2, -0.15) is 0 Å². The normalized spacial score (nSPS) is 24.6. The highest BCUT2D eigenvalue weighted by atomic mass is 32.1. The van der Waals surface area contributed by atoms with Crippen molar-refractivity contribution >= 4 is 39.9 Å². The number of methoxy groups -OCH3 is 2. The number of ketones is 1. The second-order valence-corrected chi connectivity index (χ2v) is 18.9. The Balaban J connectivity index is 1.38. The zero-order valence-electron chi connectivity index (χ0n) is 35.0. The van der Waals surface area contributed by atoms with Gasteiger partial charge in [0, 0.05) is 85.1 Å². The van der Waals surface area contributed by atoms with Crippen LogP contribution >= 0.6 is 11.3 Å². The molecule has 57 heavy (non-hydrogen) atoms. The Morgan fingerprint density at radius 1 is 1.16 bits per heavy atom. The quantitative estimate of drug-likeness (QED) is 0.159. The van der Waals surface area contributed by atoms with Gasteiger partial charge in [-0.3, -0.25) is 24.4 Å². The fraction of sp³-hybridized carbons (Fsp3) is 0.578. The number of fused-ring (bicyclic) bond motifs is 6. The van der Waals surface area contributed by atoms with Gasteiger partial charge >= 0.3 is 5.97 Å². The molecule has 1 N–H and O–H groups in total. The second-order valence-electron chi connectivity index (χ2n) is 17.9. The fourth-order valence-corrected chi connectivity index (χ4v) is 9.58. The van der Waals surface area contributed by atoms with E-state index in [-0.39, 0.29) is 48.3 Å². The molecule has 3 aliphatic rings. The molecule has 1 amide bonds. The van der Waals surface area contributed by atoms with Crippen LogP contribution in [0.15, 0.2) is 41.9 Å². The van der Waals surface area contributed by atoms with Crippen LogP contribution in [0.2, 0.25) is 0 Å². The molecule has 6 atom stereocenters. The highest BCUT2D eigenvalue weighted by Gasteiger charge is 2.48. The summed E-state index contributed by atoms with van der Waals surface area (Å²) in [6.45, 7) is 16.0. The summed E-state index contributed by atoms with van der Waals surface area (Å²) in [7, 11) is 3.46. The first kappa shape index (κ1) is 41.2. The number of aromatic nitrogens is 3. The number of rotatable bonds is 10. The lowest BCUT2D eigenvalue weighted by Gasteiger charge is -2.35. The molecule has 3 aromatic heterocycles. The van der Waals surface area contributed by atoms with Crippen molar-refractivity contribution in [3.8, 4) is 22.5 Å². The van der Waals surface area contributed by atoms with Crippen LogP contribution in [-0.2, 0) is 48.0 Å². The van der Waals surface area contributed by atoms with Gasteiger partial charge in [-0.1, -0.05) is 33.8 Å². The van der Waals surface area contributed by atoms with Gasteiger partial charge in [0.05, 0.1) is 46.3 Å². The molecule has 7 rings (SSSR count). The maximum absolute atomic E-state index is 14.2. The lowest BCUT2D eigenvalue weighted by molar-refractivity contribution is -0.156. The first-order valence-electron chi connectivity index (χ1n) is 20.5. The molecule has 1 saturated carbocycles. The number of nitrogens with one attached hydrogen (secondary N) is 1. The number of hydrazine groups is 1. The highest BCUT2D eigenvalue weighted by molar-refractivity contribution is 7.10. The van der Waals surface area contributed by atoms with E-state index in [4.69, 9.17) is 24.2 Å². The Hall–Kier alpha value is -3.97. The van der Waals surface area contributed by atoms with Crippen LogP contribution in [-0.4, -0.2) is 76.2 Å². The third-order valence-corrected chi connectivity index (χ3v) is 13.6. The van der Waals surface area contributed by atoms with Gasteiger partial charge in [-0.05, 0) is 88.1 Å². The Morgan fingerprint density at radius 2 is 1.93 bits per heavy atom. The number of Topliss-reactive ketones (excluding diaryl/α,β-unsaturated/α-hetero) is 1. The minimum atomic E-state index is -0.665. The molecule has 306 valence electrons. The van der Waals surface area contributed by atoms with Crippen LogP contribution in [0.1, 0.15) is 96.5 Å². The van der Waals surface area contributed by atoms with Gasteiger partial charge < -0.3 is 18.8 Å². The Labute approximate surface area is 340 Å². The number of aryl methyl sites for hydroxylation is 1. The molecule has 2 aliphatic heterocycles. The summed E-state index contributed by atoms with van der Waals surface area (Å²) in [5.74, 6) is -0.386. The maximum Gasteiger partial charge on any atom is 0.324 e. The molecular formula is C45H59N5O6S. The number of carbonyl (C=O) groups is 3. The second kappa shape index (κ2) is 16.4. The van der Waals surface area contributed by atoms with E-state index in [1.807, 2.05) is 19.2 Å². The van der Waals surface area contributed by atoms with Gasteiger partial charge in [-0.15, -0.1) is 11.3 Å². The lowest BCUT2D eigenvalue weighted by Crippen LogP contribution is -2.57. The number of cyclic esters (lactones) is 1. The van der Waals surface area contributed by atoms with Crippen LogP contribution in [0.25, 0.3) is 33.4 Å². The minimum absolute atomic E-state index is 0.0164. The fourth-order valence-electron chi connectivity index (χ4n) is 8.69. The van der Waals surface area contributed by atoms with Gasteiger partial charge in [0.25, 0.3) is 0 Å². The van der Waals surface area contributed by atoms with Crippen LogP contribution < -0.4 is 5.43 Å². The number of nitrogens with zero attached hydrogens (tertiary/aromatic N) is 4. The summed E-state index contributed by atoms with van der Waals surface area (Å²) < 4.78 is 20.3. The van der Waals surface area contributed by atoms with E-state index in [1.165, 1.54) is 11.3 Å². The van der Waals surface area contributed by atoms with Crippen molar-refractivity contribution in [1.29, 1.82) is 0 Å². The SMILES string of the molecule is CO[C@@H](C)c1ncccc1-c1c2c3cc(ccc3n1CCC(C)(C)OC)-c1csc(n1)CC(CC(=O)C1[C@@H](C)[C@H]1C)C(=O)N1CCC[C@H](N1)C(=O)OCC(C)(C)C2. The van der Waals surface area contributed by atoms with Gasteiger partial charge in [0.1, 0.15) is 11.8 Å². The number of carbonyl (C=O) groups excluding carboxylic acids is 3. The number of hydrogen-bond acceptors (Lipinski definition) is 10. The summed E-state index contributed by atoms with van der Waals surface area (Å²) in [4.78, 5) is 51.5. The number of hydrogen-bond donors (Lipinski definition) is 1. The highest BCUT2D eigenvalue weighted by Crippen LogP contribution is 2.47. The summed E-state index contributed by atoms with van der Waals surface area (Å²) in [6, 6.07) is 9.97. The van der Waals surface area contributed by atoms with Crippen LogP contribution in [0.3, 0.4) is 0 Å². The molecule has 2 unspecified atom stereocenters. The smallest absolute Gasteiger partial charge is 0.324 e. The predicted octanol–water partition coefficient (Wildman–Crippen LogP) is 7.99. The minimum Gasteiger partial charge on any atom is -0.464 e. The Bertz CT molecular complexity index is 2130. The number of esters is 1. The third-order valence-electron chi connectivity index (χ3n) is 12.7. The van der Waals surface area contributed by atoms with E-state index in [0.29, 0.717) is 50.6 Å². The predicted molar refractivity (Wildman–Crippen MR) is 222 cm³/mol. The summed E-state index contributed by atoms with van der Waals surface area (Å²) in [5, 5.41) is 5.51. The molecule has 6 bridgehead atoms. The molecule has 0 spiro atoms. The standard InChI is InChI=1S/C45H59N5O6S/c1-26-27(2)39(26)37(51)21-30-22-38-47-35(24-57-38)29-14-15-36-32(20-29)33(23-44(4,5)25-56-43(53)34-13-11-18-50(48-34)42(30)52)41(49(36)19-16-45(6,7)55-9)31-12-10-17-46-40(31)28(3)54-8/h10,12,14-15,17,20,24,26-28,30,34,39,48H,11,13,16,18-19,21-23,25H2,1-9H3/t26-,27+,28-,30?,34-,39?/m0/s1. The van der Waals surface area contributed by atoms with Gasteiger partial charge in [-0.25, -0.2) is 10.4 Å². The third kappa shape index (κ3) is 8.60. The van der Waals surface area contributed by atoms with Crippen molar-refractivity contribution in [3.05, 3.63) is 58.2 Å². The van der Waals surface area contributed by atoms with Crippen LogP contribution in [0.5, 0.6) is 0 Å². The van der Waals surface area contributed by atoms with Crippen molar-refractivity contribution in [2.45, 2.75) is 111 Å². The first-order valence-corrected chi connectivity index (χ1v) is 21.4. The van der Waals surface area contributed by atoms with Crippen LogP contribution in [0.4, 0.5) is 0 Å². The topological polar surface area (TPSA) is 125 Å². The number of pyridine rings is 1. The van der Waals surface area contributed by atoms with Crippen molar-refractivity contribution < 1.29 is 28.6 Å². The van der Waals surface area contributed by atoms with Gasteiger partial charge in [0.15, 0.2) is 0 Å². The van der Waals surface area contributed by atoms with E-state index in [1.54, 1.807) is 19.2 Å². The lowest BCUT2D eigenvalue weighted by atomic mass is 9.84. The number of ether oxygens (including phenoxy) is 3. The van der Waals surface area contributed by atoms with E-state index in [9.17, 15) is 14.4 Å². The van der Waals surface area contributed by atoms with Crippen molar-refractivity contribution in [3.63, 3.8) is 0 Å². The number of thiazole rings is 1. The summed E-state index contributed by atoms with van der Waals surface area (Å²) in [6.07, 6.45) is 4.63. The molecular weight excluding hydrogens is 739 g/mol. The maximum atomic E-state index is 14.2. The molecule has 11 nitrogen and oxygen atoms in total. The summed E-state index contributed by atoms with van der Waals surface area (Å²) in [5.41, 5.74) is 9.28. The average Bonchev–Trinajstić information content (AvgIpc) is 3.47. The molecule has 1 aromatic carbocycles. The van der Waals surface area contributed by atoms with Crippen LogP contribution in [0, 0.1) is 29.1 Å². The van der Waals surface area contributed by atoms with Crippen molar-refractivity contribution in [1.82, 2.24) is 25.0 Å². The first-order chi connectivity index (χ1) is 27.1. The van der Waals surface area contributed by atoms with E-state index in [0.717, 1.165) is 56.1 Å². The molecule has 2 fully saturated rings. The molecule has 0 radical (unpaired) electrons. The zero-order chi connectivity index (χ0) is 40.8. The van der Waals surface area contributed by atoms with E-state index in [2.05, 4.69) is 81.2 Å². The van der Waals surface area contributed by atoms with E-state index < -0.39 is 17.4 Å².